The molecule has 1 atom stereocenters. The minimum absolute atomic E-state index is 0.0342. The summed E-state index contributed by atoms with van der Waals surface area (Å²) in [5.41, 5.74) is 1.38. The van der Waals surface area contributed by atoms with Crippen molar-refractivity contribution < 1.29 is 4.79 Å². The Labute approximate surface area is 94.8 Å². The van der Waals surface area contributed by atoms with Crippen molar-refractivity contribution in [2.45, 2.75) is 19.2 Å². The summed E-state index contributed by atoms with van der Waals surface area (Å²) in [4.78, 5) is 13.5. The second-order valence-electron chi connectivity index (χ2n) is 3.77. The van der Waals surface area contributed by atoms with Crippen LogP contribution in [-0.4, -0.2) is 39.6 Å². The number of halogens is 1. The number of aryl methyl sites for hydroxylation is 2. The van der Waals surface area contributed by atoms with Gasteiger partial charge in [-0.15, -0.1) is 11.6 Å². The van der Waals surface area contributed by atoms with Gasteiger partial charge in [0.2, 0.25) is 0 Å². The molecule has 4 nitrogen and oxygen atoms in total. The van der Waals surface area contributed by atoms with Gasteiger partial charge in [0.05, 0.1) is 11.3 Å². The fraction of sp³-hybridized carbons (Fsp3) is 0.600. The van der Waals surface area contributed by atoms with E-state index in [1.807, 2.05) is 13.8 Å². The first-order chi connectivity index (χ1) is 6.91. The predicted molar refractivity (Wildman–Crippen MR) is 60.2 cm³/mol. The van der Waals surface area contributed by atoms with Crippen LogP contribution < -0.4 is 0 Å². The Morgan fingerprint density at radius 2 is 2.33 bits per heavy atom. The Hall–Kier alpha value is -1.03. The average Bonchev–Trinajstić information content (AvgIpc) is 2.42. The molecule has 1 aromatic rings. The number of rotatable bonds is 3. The van der Waals surface area contributed by atoms with Gasteiger partial charge in [0, 0.05) is 32.2 Å². The number of carbonyl (C=O) groups excluding carboxylic acids is 1. The van der Waals surface area contributed by atoms with Gasteiger partial charge >= 0.3 is 0 Å². The third kappa shape index (κ3) is 2.96. The number of nitrogens with zero attached hydrogens (tertiary/aromatic N) is 3. The van der Waals surface area contributed by atoms with Crippen molar-refractivity contribution in [1.29, 1.82) is 0 Å². The molecule has 1 rings (SSSR count). The summed E-state index contributed by atoms with van der Waals surface area (Å²) in [5.74, 6) is -0.0342. The molecule has 5 heteroatoms. The van der Waals surface area contributed by atoms with Gasteiger partial charge in [-0.05, 0) is 13.8 Å². The van der Waals surface area contributed by atoms with Crippen LogP contribution in [-0.2, 0) is 7.05 Å². The van der Waals surface area contributed by atoms with Crippen LogP contribution in [0.2, 0.25) is 0 Å². The van der Waals surface area contributed by atoms with Gasteiger partial charge in [-0.3, -0.25) is 9.48 Å². The van der Waals surface area contributed by atoms with Gasteiger partial charge in [-0.1, -0.05) is 0 Å². The number of aromatic nitrogens is 2. The fourth-order valence-corrected chi connectivity index (χ4v) is 1.68. The Kier molecular flexibility index (Phi) is 3.74. The highest BCUT2D eigenvalue weighted by Gasteiger charge is 2.17. The fourth-order valence-electron chi connectivity index (χ4n) is 1.48. The van der Waals surface area contributed by atoms with E-state index in [0.29, 0.717) is 12.1 Å². The van der Waals surface area contributed by atoms with Crippen LogP contribution >= 0.6 is 11.6 Å². The van der Waals surface area contributed by atoms with Crippen LogP contribution in [0.1, 0.15) is 23.0 Å². The van der Waals surface area contributed by atoms with Crippen LogP contribution in [0.4, 0.5) is 0 Å². The SMILES string of the molecule is Cc1nn(C)cc1C(=O)N(C)CC(C)Cl. The van der Waals surface area contributed by atoms with Crippen molar-refractivity contribution in [2.75, 3.05) is 13.6 Å². The molecule has 0 aromatic carbocycles. The Balaban J connectivity index is 2.80. The minimum atomic E-state index is -0.0454. The molecule has 0 saturated heterocycles. The third-order valence-electron chi connectivity index (χ3n) is 2.12. The van der Waals surface area contributed by atoms with E-state index in [9.17, 15) is 4.79 Å². The molecular weight excluding hydrogens is 214 g/mol. The van der Waals surface area contributed by atoms with E-state index in [1.54, 1.807) is 29.9 Å². The standard InChI is InChI=1S/C10H16ClN3O/c1-7(11)5-13(3)10(15)9-6-14(4)12-8(9)2/h6-7H,5H2,1-4H3. The van der Waals surface area contributed by atoms with Crippen molar-refractivity contribution >= 4 is 17.5 Å². The number of hydrogen-bond acceptors (Lipinski definition) is 2. The molecule has 1 heterocycles. The highest BCUT2D eigenvalue weighted by atomic mass is 35.5. The van der Waals surface area contributed by atoms with Gasteiger partial charge in [0.1, 0.15) is 0 Å². The lowest BCUT2D eigenvalue weighted by atomic mass is 10.2. The second-order valence-corrected chi connectivity index (χ2v) is 4.51. The van der Waals surface area contributed by atoms with E-state index >= 15 is 0 Å². The molecule has 1 aromatic heterocycles. The van der Waals surface area contributed by atoms with Crippen LogP contribution in [0.3, 0.4) is 0 Å². The first-order valence-corrected chi connectivity index (χ1v) is 5.25. The number of amides is 1. The summed E-state index contributed by atoms with van der Waals surface area (Å²) in [5, 5.41) is 4.08. The van der Waals surface area contributed by atoms with Crippen molar-refractivity contribution in [3.8, 4) is 0 Å². The largest absolute Gasteiger partial charge is 0.340 e. The number of hydrogen-bond donors (Lipinski definition) is 0. The molecule has 0 saturated carbocycles. The van der Waals surface area contributed by atoms with Crippen molar-refractivity contribution in [3.63, 3.8) is 0 Å². The molecule has 0 aliphatic rings. The summed E-state index contributed by atoms with van der Waals surface area (Å²) in [6, 6.07) is 0. The molecule has 1 unspecified atom stereocenters. The Bertz CT molecular complexity index is 360. The lowest BCUT2D eigenvalue weighted by molar-refractivity contribution is 0.0795. The molecule has 0 fully saturated rings. The topological polar surface area (TPSA) is 38.1 Å². The van der Waals surface area contributed by atoms with E-state index in [4.69, 9.17) is 11.6 Å². The molecule has 0 aliphatic carbocycles. The molecule has 1 amide bonds. The lowest BCUT2D eigenvalue weighted by Gasteiger charge is -2.17. The van der Waals surface area contributed by atoms with Gasteiger partial charge in [-0.2, -0.15) is 5.10 Å². The molecule has 0 bridgehead atoms. The van der Waals surface area contributed by atoms with Gasteiger partial charge in [-0.25, -0.2) is 0 Å². The maximum atomic E-state index is 11.9. The Morgan fingerprint density at radius 3 is 2.73 bits per heavy atom. The highest BCUT2D eigenvalue weighted by Crippen LogP contribution is 2.09. The average molecular weight is 230 g/mol. The van der Waals surface area contributed by atoms with Gasteiger partial charge in [0.25, 0.3) is 5.91 Å². The van der Waals surface area contributed by atoms with E-state index in [2.05, 4.69) is 5.10 Å². The zero-order valence-corrected chi connectivity index (χ0v) is 10.2. The van der Waals surface area contributed by atoms with Crippen LogP contribution in [0.15, 0.2) is 6.20 Å². The second kappa shape index (κ2) is 4.66. The van der Waals surface area contributed by atoms with Gasteiger partial charge in [0.15, 0.2) is 0 Å². The summed E-state index contributed by atoms with van der Waals surface area (Å²) < 4.78 is 1.64. The molecular formula is C10H16ClN3O. The van der Waals surface area contributed by atoms with Gasteiger partial charge < -0.3 is 4.90 Å². The molecule has 15 heavy (non-hydrogen) atoms. The zero-order valence-electron chi connectivity index (χ0n) is 9.49. The maximum Gasteiger partial charge on any atom is 0.257 e. The maximum absolute atomic E-state index is 11.9. The van der Waals surface area contributed by atoms with E-state index in [1.165, 1.54) is 0 Å². The van der Waals surface area contributed by atoms with E-state index < -0.39 is 0 Å². The highest BCUT2D eigenvalue weighted by molar-refractivity contribution is 6.20. The molecule has 0 spiro atoms. The predicted octanol–water partition coefficient (Wildman–Crippen LogP) is 1.43. The molecule has 0 N–H and O–H groups in total. The Morgan fingerprint density at radius 1 is 1.73 bits per heavy atom. The third-order valence-corrected chi connectivity index (χ3v) is 2.25. The first kappa shape index (κ1) is 12.0. The smallest absolute Gasteiger partial charge is 0.257 e. The summed E-state index contributed by atoms with van der Waals surface area (Å²) in [6.45, 7) is 4.22. The quantitative estimate of drug-likeness (QED) is 0.736. The summed E-state index contributed by atoms with van der Waals surface area (Å²) in [7, 11) is 3.54. The van der Waals surface area contributed by atoms with Crippen LogP contribution in [0, 0.1) is 6.92 Å². The number of carbonyl (C=O) groups is 1. The van der Waals surface area contributed by atoms with Crippen molar-refractivity contribution in [3.05, 3.63) is 17.5 Å². The van der Waals surface area contributed by atoms with Crippen molar-refractivity contribution in [1.82, 2.24) is 14.7 Å². The van der Waals surface area contributed by atoms with E-state index in [0.717, 1.165) is 5.69 Å². The monoisotopic (exact) mass is 229 g/mol. The van der Waals surface area contributed by atoms with Crippen LogP contribution in [0.25, 0.3) is 0 Å². The molecule has 0 aliphatic heterocycles. The lowest BCUT2D eigenvalue weighted by Crippen LogP contribution is -2.31. The van der Waals surface area contributed by atoms with Crippen molar-refractivity contribution in [2.24, 2.45) is 7.05 Å². The molecule has 84 valence electrons. The minimum Gasteiger partial charge on any atom is -0.340 e. The van der Waals surface area contributed by atoms with Crippen LogP contribution in [0.5, 0.6) is 0 Å². The normalized spacial score (nSPS) is 12.6. The first-order valence-electron chi connectivity index (χ1n) is 4.81. The van der Waals surface area contributed by atoms with E-state index in [-0.39, 0.29) is 11.3 Å². The zero-order chi connectivity index (χ0) is 11.6. The summed E-state index contributed by atoms with van der Waals surface area (Å²) >= 11 is 5.83. The summed E-state index contributed by atoms with van der Waals surface area (Å²) in [6.07, 6.45) is 1.73. The molecule has 0 radical (unpaired) electrons. The number of alkyl halides is 1.